The standard InChI is InChI=1S/C12H14N8O/c13-9-5-10(14)17-20(16-9)6-19-8-4-2-1-3-7(8)11(18-19)12(15)21/h1-5,16H,6,13H2,(H2,14,17)(H2,15,21). The van der Waals surface area contributed by atoms with Gasteiger partial charge in [-0.2, -0.15) is 10.2 Å². The van der Waals surface area contributed by atoms with Crippen LogP contribution in [0.1, 0.15) is 10.5 Å². The number of carbonyl (C=O) groups excluding carboxylic acids is 1. The first kappa shape index (κ1) is 12.8. The van der Waals surface area contributed by atoms with E-state index in [0.29, 0.717) is 11.2 Å². The number of hydrazone groups is 1. The van der Waals surface area contributed by atoms with E-state index in [4.69, 9.17) is 17.2 Å². The number of hydrazine groups is 1. The van der Waals surface area contributed by atoms with Gasteiger partial charge in [-0.1, -0.05) is 18.2 Å². The largest absolute Gasteiger partial charge is 0.384 e. The Labute approximate surface area is 119 Å². The van der Waals surface area contributed by atoms with Crippen LogP contribution in [0.15, 0.2) is 41.3 Å². The van der Waals surface area contributed by atoms with E-state index in [1.54, 1.807) is 10.7 Å². The van der Waals surface area contributed by atoms with Crippen LogP contribution in [-0.2, 0) is 6.67 Å². The summed E-state index contributed by atoms with van der Waals surface area (Å²) in [6, 6.07) is 7.29. The highest BCUT2D eigenvalue weighted by Crippen LogP contribution is 2.18. The number of para-hydroxylation sites is 1. The molecule has 7 N–H and O–H groups in total. The molecule has 1 amide bonds. The predicted molar refractivity (Wildman–Crippen MR) is 77.1 cm³/mol. The third kappa shape index (κ3) is 2.31. The Balaban J connectivity index is 1.98. The number of nitrogens with zero attached hydrogens (tertiary/aromatic N) is 4. The molecule has 0 aliphatic carbocycles. The van der Waals surface area contributed by atoms with Crippen LogP contribution in [-0.4, -0.2) is 26.6 Å². The molecule has 0 saturated heterocycles. The number of benzene rings is 1. The number of amidine groups is 1. The fraction of sp³-hybridized carbons (Fsp3) is 0.0833. The summed E-state index contributed by atoms with van der Waals surface area (Å²) in [5, 5.41) is 10.4. The lowest BCUT2D eigenvalue weighted by molar-refractivity contribution is 0.0993. The summed E-state index contributed by atoms with van der Waals surface area (Å²) in [7, 11) is 0. The summed E-state index contributed by atoms with van der Waals surface area (Å²) in [5.41, 5.74) is 20.5. The van der Waals surface area contributed by atoms with E-state index in [-0.39, 0.29) is 18.2 Å². The Morgan fingerprint density at radius 3 is 2.76 bits per heavy atom. The minimum Gasteiger partial charge on any atom is -0.384 e. The number of nitrogens with one attached hydrogen (secondary N) is 1. The average molecular weight is 286 g/mol. The molecule has 1 aliphatic rings. The van der Waals surface area contributed by atoms with Gasteiger partial charge in [-0.15, -0.1) is 5.10 Å². The topological polar surface area (TPSA) is 141 Å². The lowest BCUT2D eigenvalue weighted by atomic mass is 10.2. The average Bonchev–Trinajstić information content (AvgIpc) is 2.77. The molecule has 0 unspecified atom stereocenters. The molecule has 0 saturated carbocycles. The highest BCUT2D eigenvalue weighted by molar-refractivity contribution is 6.04. The van der Waals surface area contributed by atoms with Gasteiger partial charge in [0.15, 0.2) is 12.4 Å². The van der Waals surface area contributed by atoms with Crippen LogP contribution in [0.25, 0.3) is 10.9 Å². The predicted octanol–water partition coefficient (Wildman–Crippen LogP) is -1.01. The van der Waals surface area contributed by atoms with E-state index in [1.807, 2.05) is 18.2 Å². The first-order chi connectivity index (χ1) is 10.0. The second-order valence-electron chi connectivity index (χ2n) is 4.51. The number of nitrogens with two attached hydrogens (primary N) is 3. The lowest BCUT2D eigenvalue weighted by Gasteiger charge is -2.24. The molecule has 1 aromatic heterocycles. The monoisotopic (exact) mass is 286 g/mol. The van der Waals surface area contributed by atoms with Crippen molar-refractivity contribution in [2.45, 2.75) is 6.67 Å². The summed E-state index contributed by atoms with van der Waals surface area (Å²) in [6.07, 6.45) is 1.51. The van der Waals surface area contributed by atoms with Crippen molar-refractivity contribution in [2.75, 3.05) is 0 Å². The Morgan fingerprint density at radius 2 is 2.05 bits per heavy atom. The van der Waals surface area contributed by atoms with Crippen molar-refractivity contribution in [3.63, 3.8) is 0 Å². The molecule has 1 aliphatic heterocycles. The van der Waals surface area contributed by atoms with Crippen molar-refractivity contribution in [1.82, 2.24) is 20.3 Å². The van der Waals surface area contributed by atoms with E-state index in [9.17, 15) is 4.79 Å². The fourth-order valence-corrected chi connectivity index (χ4v) is 2.14. The van der Waals surface area contributed by atoms with Gasteiger partial charge in [0.2, 0.25) is 0 Å². The van der Waals surface area contributed by atoms with Crippen molar-refractivity contribution < 1.29 is 4.79 Å². The molecule has 0 atom stereocenters. The van der Waals surface area contributed by atoms with Crippen LogP contribution >= 0.6 is 0 Å². The molecule has 9 heteroatoms. The van der Waals surface area contributed by atoms with Crippen molar-refractivity contribution in [3.05, 3.63) is 41.9 Å². The Kier molecular flexibility index (Phi) is 2.87. The van der Waals surface area contributed by atoms with Crippen LogP contribution in [0.3, 0.4) is 0 Å². The highest BCUT2D eigenvalue weighted by atomic mass is 16.1. The molecule has 0 fully saturated rings. The van der Waals surface area contributed by atoms with Gasteiger partial charge in [0, 0.05) is 11.5 Å². The molecule has 0 radical (unpaired) electrons. The maximum Gasteiger partial charge on any atom is 0.269 e. The van der Waals surface area contributed by atoms with Gasteiger partial charge in [0.1, 0.15) is 11.7 Å². The van der Waals surface area contributed by atoms with Gasteiger partial charge >= 0.3 is 0 Å². The highest BCUT2D eigenvalue weighted by Gasteiger charge is 2.17. The zero-order valence-electron chi connectivity index (χ0n) is 11.0. The summed E-state index contributed by atoms with van der Waals surface area (Å²) in [4.78, 5) is 11.5. The quantitative estimate of drug-likeness (QED) is 0.569. The molecular formula is C12H14N8O. The zero-order chi connectivity index (χ0) is 15.0. The molecular weight excluding hydrogens is 272 g/mol. The maximum absolute atomic E-state index is 11.5. The third-order valence-corrected chi connectivity index (χ3v) is 2.96. The van der Waals surface area contributed by atoms with Crippen LogP contribution in [0, 0.1) is 0 Å². The molecule has 108 valence electrons. The van der Waals surface area contributed by atoms with E-state index >= 15 is 0 Å². The van der Waals surface area contributed by atoms with E-state index in [1.165, 1.54) is 11.2 Å². The van der Waals surface area contributed by atoms with Gasteiger partial charge in [-0.3, -0.25) is 10.2 Å². The number of carbonyl (C=O) groups is 1. The van der Waals surface area contributed by atoms with E-state index in [0.717, 1.165) is 5.52 Å². The second kappa shape index (κ2) is 4.71. The molecule has 2 aromatic rings. The smallest absolute Gasteiger partial charge is 0.269 e. The van der Waals surface area contributed by atoms with Gasteiger partial charge in [-0.05, 0) is 6.07 Å². The number of fused-ring (bicyclic) bond motifs is 1. The SMILES string of the molecule is NC(=O)c1nn(CN2N=C(N)C=C(N)N2)c2ccccc12. The summed E-state index contributed by atoms with van der Waals surface area (Å²) >= 11 is 0. The molecule has 1 aromatic carbocycles. The summed E-state index contributed by atoms with van der Waals surface area (Å²) in [5.74, 6) is 0.0610. The number of primary amides is 1. The molecule has 9 nitrogen and oxygen atoms in total. The first-order valence-electron chi connectivity index (χ1n) is 6.15. The van der Waals surface area contributed by atoms with Crippen molar-refractivity contribution in [1.29, 1.82) is 0 Å². The molecule has 0 bridgehead atoms. The zero-order valence-corrected chi connectivity index (χ0v) is 11.0. The van der Waals surface area contributed by atoms with Crippen LogP contribution in [0.2, 0.25) is 0 Å². The number of aromatic nitrogens is 2. The van der Waals surface area contributed by atoms with E-state index < -0.39 is 5.91 Å². The Morgan fingerprint density at radius 1 is 1.29 bits per heavy atom. The summed E-state index contributed by atoms with van der Waals surface area (Å²) in [6.45, 7) is 0.211. The number of hydrogen-bond acceptors (Lipinski definition) is 7. The normalized spacial score (nSPS) is 14.6. The number of rotatable bonds is 3. The fourth-order valence-electron chi connectivity index (χ4n) is 2.14. The van der Waals surface area contributed by atoms with Gasteiger partial charge in [0.25, 0.3) is 5.91 Å². The molecule has 3 rings (SSSR count). The van der Waals surface area contributed by atoms with Crippen molar-refractivity contribution >= 4 is 22.6 Å². The molecule has 0 spiro atoms. The second-order valence-corrected chi connectivity index (χ2v) is 4.51. The maximum atomic E-state index is 11.5. The van der Waals surface area contributed by atoms with Gasteiger partial charge in [-0.25, -0.2) is 4.68 Å². The molecule has 21 heavy (non-hydrogen) atoms. The minimum atomic E-state index is -0.584. The molecule has 2 heterocycles. The van der Waals surface area contributed by atoms with Gasteiger partial charge < -0.3 is 17.2 Å². The summed E-state index contributed by atoms with van der Waals surface area (Å²) < 4.78 is 1.60. The van der Waals surface area contributed by atoms with Crippen LogP contribution < -0.4 is 22.6 Å². The van der Waals surface area contributed by atoms with Crippen LogP contribution in [0.5, 0.6) is 0 Å². The van der Waals surface area contributed by atoms with Gasteiger partial charge in [0.05, 0.1) is 5.52 Å². The Hall–Kier alpha value is -3.23. The van der Waals surface area contributed by atoms with Crippen molar-refractivity contribution in [2.24, 2.45) is 22.3 Å². The van der Waals surface area contributed by atoms with Crippen LogP contribution in [0.4, 0.5) is 0 Å². The lowest BCUT2D eigenvalue weighted by Crippen LogP contribution is -2.42. The first-order valence-corrected chi connectivity index (χ1v) is 6.15. The number of hydrogen-bond donors (Lipinski definition) is 4. The Bertz CT molecular complexity index is 775. The van der Waals surface area contributed by atoms with E-state index in [2.05, 4.69) is 15.6 Å². The third-order valence-electron chi connectivity index (χ3n) is 2.96. The van der Waals surface area contributed by atoms with Crippen molar-refractivity contribution in [3.8, 4) is 0 Å². The number of amides is 1. The minimum absolute atomic E-state index is 0.211.